The van der Waals surface area contributed by atoms with Crippen molar-refractivity contribution < 1.29 is 13.9 Å². The van der Waals surface area contributed by atoms with E-state index in [1.165, 1.54) is 24.0 Å². The van der Waals surface area contributed by atoms with Gasteiger partial charge in [0, 0.05) is 0 Å². The van der Waals surface area contributed by atoms with Crippen LogP contribution in [0.25, 0.3) is 0 Å². The van der Waals surface area contributed by atoms with Crippen molar-refractivity contribution in [2.45, 2.75) is 33.6 Å². The van der Waals surface area contributed by atoms with E-state index in [0.29, 0.717) is 18.7 Å². The Balaban J connectivity index is 2.27. The second-order valence-corrected chi connectivity index (χ2v) is 6.14. The zero-order chi connectivity index (χ0) is 19.1. The molecule has 0 spiro atoms. The van der Waals surface area contributed by atoms with Gasteiger partial charge in [0.05, 0.1) is 30.4 Å². The summed E-state index contributed by atoms with van der Waals surface area (Å²) in [5, 5.41) is 2.89. The first-order valence-corrected chi connectivity index (χ1v) is 8.51. The van der Waals surface area contributed by atoms with Crippen LogP contribution >= 0.6 is 0 Å². The number of allylic oxidation sites excluding steroid dienone is 1. The minimum atomic E-state index is -0.669. The van der Waals surface area contributed by atoms with Crippen molar-refractivity contribution >= 4 is 17.3 Å². The SMILES string of the molecule is CCc1ccc(Nc2cncc(OCCC=C(C)C)c2C(N)=O)c(F)c1. The quantitative estimate of drug-likeness (QED) is 0.543. The highest BCUT2D eigenvalue weighted by molar-refractivity contribution is 6.01. The zero-order valence-electron chi connectivity index (χ0n) is 15.3. The summed E-state index contributed by atoms with van der Waals surface area (Å²) in [6.45, 7) is 6.34. The molecule has 26 heavy (non-hydrogen) atoms. The molecule has 1 aromatic carbocycles. The van der Waals surface area contributed by atoms with E-state index < -0.39 is 11.7 Å². The molecule has 0 aliphatic carbocycles. The third kappa shape index (κ3) is 5.05. The number of nitrogens with zero attached hydrogens (tertiary/aromatic N) is 1. The van der Waals surface area contributed by atoms with Crippen LogP contribution in [0.3, 0.4) is 0 Å². The Kier molecular flexibility index (Phi) is 6.72. The molecule has 2 aromatic rings. The number of primary amides is 1. The van der Waals surface area contributed by atoms with Gasteiger partial charge in [-0.15, -0.1) is 0 Å². The number of benzene rings is 1. The molecule has 0 saturated carbocycles. The molecule has 0 radical (unpaired) electrons. The maximum absolute atomic E-state index is 14.2. The van der Waals surface area contributed by atoms with Crippen LogP contribution in [0.5, 0.6) is 5.75 Å². The van der Waals surface area contributed by atoms with E-state index >= 15 is 0 Å². The van der Waals surface area contributed by atoms with E-state index in [2.05, 4.69) is 10.3 Å². The lowest BCUT2D eigenvalue weighted by Gasteiger charge is -2.15. The molecule has 0 aliphatic rings. The predicted octanol–water partition coefficient (Wildman–Crippen LogP) is 4.36. The molecular formula is C20H24FN3O2. The van der Waals surface area contributed by atoms with Crippen LogP contribution in [0.2, 0.25) is 0 Å². The summed E-state index contributed by atoms with van der Waals surface area (Å²) in [7, 11) is 0. The number of ether oxygens (including phenoxy) is 1. The largest absolute Gasteiger partial charge is 0.491 e. The summed E-state index contributed by atoms with van der Waals surface area (Å²) in [6.07, 6.45) is 6.33. The third-order valence-corrected chi connectivity index (χ3v) is 3.80. The number of carbonyl (C=O) groups is 1. The van der Waals surface area contributed by atoms with Crippen molar-refractivity contribution in [1.29, 1.82) is 0 Å². The van der Waals surface area contributed by atoms with Gasteiger partial charge < -0.3 is 15.8 Å². The molecule has 0 fully saturated rings. The first-order chi connectivity index (χ1) is 12.4. The third-order valence-electron chi connectivity index (χ3n) is 3.80. The van der Waals surface area contributed by atoms with Crippen LogP contribution in [0.1, 0.15) is 43.1 Å². The average Bonchev–Trinajstić information content (AvgIpc) is 2.60. The highest BCUT2D eigenvalue weighted by Gasteiger charge is 2.17. The van der Waals surface area contributed by atoms with E-state index in [-0.39, 0.29) is 17.0 Å². The Morgan fingerprint density at radius 3 is 2.69 bits per heavy atom. The monoisotopic (exact) mass is 357 g/mol. The molecule has 1 heterocycles. The number of carbonyl (C=O) groups excluding carboxylic acids is 1. The number of pyridine rings is 1. The Labute approximate surface area is 153 Å². The minimum absolute atomic E-state index is 0.149. The van der Waals surface area contributed by atoms with Gasteiger partial charge >= 0.3 is 0 Å². The fraction of sp³-hybridized carbons (Fsp3) is 0.300. The number of nitrogens with two attached hydrogens (primary N) is 1. The van der Waals surface area contributed by atoms with Crippen LogP contribution in [-0.2, 0) is 6.42 Å². The molecule has 0 unspecified atom stereocenters. The number of nitrogens with one attached hydrogen (secondary N) is 1. The fourth-order valence-corrected chi connectivity index (χ4v) is 2.44. The maximum atomic E-state index is 14.2. The van der Waals surface area contributed by atoms with E-state index in [1.54, 1.807) is 6.07 Å². The number of hydrogen-bond acceptors (Lipinski definition) is 4. The van der Waals surface area contributed by atoms with Crippen molar-refractivity contribution in [2.75, 3.05) is 11.9 Å². The number of aromatic nitrogens is 1. The lowest BCUT2D eigenvalue weighted by Crippen LogP contribution is -2.16. The number of anilines is 2. The molecule has 1 amide bonds. The molecule has 1 aromatic heterocycles. The van der Waals surface area contributed by atoms with Gasteiger partial charge in [0.25, 0.3) is 5.91 Å². The Morgan fingerprint density at radius 2 is 2.08 bits per heavy atom. The van der Waals surface area contributed by atoms with Crippen LogP contribution < -0.4 is 15.8 Å². The number of rotatable bonds is 8. The molecule has 2 rings (SSSR count). The van der Waals surface area contributed by atoms with Crippen molar-refractivity contribution in [3.8, 4) is 5.75 Å². The summed E-state index contributed by atoms with van der Waals surface area (Å²) in [6, 6.07) is 4.91. The van der Waals surface area contributed by atoms with E-state index in [9.17, 15) is 9.18 Å². The molecule has 6 heteroatoms. The molecular weight excluding hydrogens is 333 g/mol. The Hall–Kier alpha value is -2.89. The Bertz CT molecular complexity index is 815. The highest BCUT2D eigenvalue weighted by Crippen LogP contribution is 2.29. The van der Waals surface area contributed by atoms with Gasteiger partial charge in [0.2, 0.25) is 0 Å². The van der Waals surface area contributed by atoms with Crippen molar-refractivity contribution in [1.82, 2.24) is 4.98 Å². The minimum Gasteiger partial charge on any atom is -0.491 e. The van der Waals surface area contributed by atoms with Gasteiger partial charge in [-0.3, -0.25) is 9.78 Å². The molecule has 0 atom stereocenters. The Morgan fingerprint density at radius 1 is 1.31 bits per heavy atom. The lowest BCUT2D eigenvalue weighted by atomic mass is 10.1. The number of hydrogen-bond donors (Lipinski definition) is 2. The van der Waals surface area contributed by atoms with Crippen molar-refractivity contribution in [3.63, 3.8) is 0 Å². The first kappa shape index (κ1) is 19.4. The normalized spacial score (nSPS) is 10.3. The maximum Gasteiger partial charge on any atom is 0.254 e. The second-order valence-electron chi connectivity index (χ2n) is 6.14. The van der Waals surface area contributed by atoms with Gasteiger partial charge in [-0.25, -0.2) is 4.39 Å². The summed E-state index contributed by atoms with van der Waals surface area (Å²) in [5.74, 6) is -0.803. The van der Waals surface area contributed by atoms with E-state index in [4.69, 9.17) is 10.5 Å². The van der Waals surface area contributed by atoms with Gasteiger partial charge in [0.1, 0.15) is 11.4 Å². The number of halogens is 1. The van der Waals surface area contributed by atoms with Gasteiger partial charge in [-0.2, -0.15) is 0 Å². The zero-order valence-corrected chi connectivity index (χ0v) is 15.3. The molecule has 3 N–H and O–H groups in total. The summed E-state index contributed by atoms with van der Waals surface area (Å²) in [4.78, 5) is 16.0. The lowest BCUT2D eigenvalue weighted by molar-refractivity contribution is 0.0997. The van der Waals surface area contributed by atoms with E-state index in [1.807, 2.05) is 32.9 Å². The molecule has 0 aliphatic heterocycles. The smallest absolute Gasteiger partial charge is 0.254 e. The molecule has 138 valence electrons. The van der Waals surface area contributed by atoms with Crippen LogP contribution in [0.15, 0.2) is 42.2 Å². The van der Waals surface area contributed by atoms with Crippen molar-refractivity contribution in [2.24, 2.45) is 5.73 Å². The van der Waals surface area contributed by atoms with Crippen molar-refractivity contribution in [3.05, 3.63) is 59.2 Å². The van der Waals surface area contributed by atoms with Crippen LogP contribution in [-0.4, -0.2) is 17.5 Å². The standard InChI is InChI=1S/C20H24FN3O2/c1-4-14-7-8-16(15(21)10-14)24-17-11-23-12-18(19(17)20(22)25)26-9-5-6-13(2)3/h6-8,10-12,24H,4-5,9H2,1-3H3,(H2,22,25). The van der Waals surface area contributed by atoms with Gasteiger partial charge in [-0.1, -0.05) is 24.6 Å². The summed E-state index contributed by atoms with van der Waals surface area (Å²) in [5.41, 5.74) is 8.28. The van der Waals surface area contributed by atoms with Gasteiger partial charge in [0.15, 0.2) is 5.75 Å². The topological polar surface area (TPSA) is 77.2 Å². The molecule has 0 saturated heterocycles. The van der Waals surface area contributed by atoms with Gasteiger partial charge in [-0.05, 0) is 44.4 Å². The summed E-state index contributed by atoms with van der Waals surface area (Å²) < 4.78 is 19.9. The van der Waals surface area contributed by atoms with E-state index in [0.717, 1.165) is 12.0 Å². The fourth-order valence-electron chi connectivity index (χ4n) is 2.44. The summed E-state index contributed by atoms with van der Waals surface area (Å²) >= 11 is 0. The van der Waals surface area contributed by atoms with Crippen LogP contribution in [0, 0.1) is 5.82 Å². The highest BCUT2D eigenvalue weighted by atomic mass is 19.1. The first-order valence-electron chi connectivity index (χ1n) is 8.51. The second kappa shape index (κ2) is 8.99. The molecule has 5 nitrogen and oxygen atoms in total. The predicted molar refractivity (Wildman–Crippen MR) is 101 cm³/mol. The van der Waals surface area contributed by atoms with Crippen LogP contribution in [0.4, 0.5) is 15.8 Å². The number of aryl methyl sites for hydroxylation is 1. The average molecular weight is 357 g/mol. The number of amides is 1. The molecule has 0 bridgehead atoms.